The number of Topliss-reactive ketones (excluding diaryl/α,β-unsaturated/α-hetero) is 1. The molecule has 0 saturated heterocycles. The Bertz CT molecular complexity index is 944. The average Bonchev–Trinajstić information content (AvgIpc) is 2.75. The number of ketones is 1. The van der Waals surface area contributed by atoms with Crippen LogP contribution in [0.1, 0.15) is 138 Å². The molecule has 0 amide bonds. The highest BCUT2D eigenvalue weighted by Crippen LogP contribution is 2.26. The first-order valence-corrected chi connectivity index (χ1v) is 15.2. The molecule has 0 aliphatic rings. The highest BCUT2D eigenvalue weighted by Gasteiger charge is 2.27. The van der Waals surface area contributed by atoms with E-state index in [9.17, 15) is 23.8 Å². The molecule has 2 atom stereocenters. The quantitative estimate of drug-likeness (QED) is 0.299. The van der Waals surface area contributed by atoms with Crippen molar-refractivity contribution in [2.45, 2.75) is 167 Å². The SMILES string of the molecule is CC(C)(C)NC(=CF)C(=O)C(C)(C)C.CC(F)/C(NC(C)(C)C)=C(/[O-])C(C)(C)C.CC=C(NC(C)(C)C)C([O-])C(C)(C)C.[F-]. The molecule has 0 radical (unpaired) electrons. The number of allylic oxidation sites excluding steroid dienone is 4. The van der Waals surface area contributed by atoms with Crippen LogP contribution in [-0.2, 0) is 4.79 Å². The van der Waals surface area contributed by atoms with Gasteiger partial charge in [-0.05, 0) is 92.7 Å². The lowest BCUT2D eigenvalue weighted by molar-refractivity contribution is -0.431. The van der Waals surface area contributed by atoms with Gasteiger partial charge >= 0.3 is 0 Å². The summed E-state index contributed by atoms with van der Waals surface area (Å²) in [6.45, 7) is 37.4. The molecule has 0 fully saturated rings. The van der Waals surface area contributed by atoms with Crippen LogP contribution in [0.5, 0.6) is 0 Å². The Morgan fingerprint density at radius 2 is 1.07 bits per heavy atom. The predicted molar refractivity (Wildman–Crippen MR) is 176 cm³/mol. The molecule has 44 heavy (non-hydrogen) atoms. The third-order valence-corrected chi connectivity index (χ3v) is 5.28. The van der Waals surface area contributed by atoms with Crippen LogP contribution in [0, 0.1) is 16.2 Å². The van der Waals surface area contributed by atoms with Crippen LogP contribution in [0.25, 0.3) is 0 Å². The zero-order valence-corrected chi connectivity index (χ0v) is 31.7. The second-order valence-electron chi connectivity index (χ2n) is 17.3. The summed E-state index contributed by atoms with van der Waals surface area (Å²) in [6.07, 6.45) is 0.287. The molecule has 0 spiro atoms. The van der Waals surface area contributed by atoms with Crippen LogP contribution in [0.15, 0.2) is 35.3 Å². The van der Waals surface area contributed by atoms with Crippen molar-refractivity contribution in [3.05, 3.63) is 35.3 Å². The van der Waals surface area contributed by atoms with E-state index in [4.69, 9.17) is 0 Å². The van der Waals surface area contributed by atoms with Gasteiger partial charge in [-0.3, -0.25) is 4.79 Å². The highest BCUT2D eigenvalue weighted by atomic mass is 19.1. The number of alkyl halides is 1. The van der Waals surface area contributed by atoms with E-state index in [-0.39, 0.29) is 49.7 Å². The van der Waals surface area contributed by atoms with Crippen LogP contribution in [0.4, 0.5) is 8.78 Å². The Balaban J connectivity index is -0.000000270. The van der Waals surface area contributed by atoms with Gasteiger partial charge in [-0.1, -0.05) is 74.5 Å². The fourth-order valence-electron chi connectivity index (χ4n) is 3.28. The number of hydrogen-bond donors (Lipinski definition) is 3. The van der Waals surface area contributed by atoms with E-state index in [0.29, 0.717) is 6.33 Å². The third-order valence-electron chi connectivity index (χ3n) is 5.28. The number of carbonyl (C=O) groups excluding carboxylic acids is 1. The van der Waals surface area contributed by atoms with Crippen molar-refractivity contribution in [3.63, 3.8) is 0 Å². The van der Waals surface area contributed by atoms with Gasteiger partial charge in [0.05, 0.1) is 0 Å². The molecule has 0 aromatic heterocycles. The van der Waals surface area contributed by atoms with Gasteiger partial charge in [0, 0.05) is 27.7 Å². The topological polar surface area (TPSA) is 99.3 Å². The molecule has 3 N–H and O–H groups in total. The molecular weight excluding hydrogens is 567 g/mol. The minimum atomic E-state index is -1.25. The maximum Gasteiger partial charge on any atom is 0.186 e. The van der Waals surface area contributed by atoms with Crippen molar-refractivity contribution in [1.82, 2.24) is 16.0 Å². The summed E-state index contributed by atoms with van der Waals surface area (Å²) in [5, 5.41) is 33.0. The number of rotatable bonds is 6. The summed E-state index contributed by atoms with van der Waals surface area (Å²) < 4.78 is 25.9. The number of nitrogens with one attached hydrogen (secondary N) is 3. The minimum absolute atomic E-state index is 0. The molecule has 0 aromatic carbocycles. The van der Waals surface area contributed by atoms with Gasteiger partial charge in [0.1, 0.15) is 18.2 Å². The number of halogens is 3. The Labute approximate surface area is 269 Å². The van der Waals surface area contributed by atoms with E-state index in [0.717, 1.165) is 5.70 Å². The van der Waals surface area contributed by atoms with Crippen molar-refractivity contribution < 1.29 is 28.5 Å². The van der Waals surface area contributed by atoms with Crippen molar-refractivity contribution in [1.29, 1.82) is 0 Å². The van der Waals surface area contributed by atoms with Gasteiger partial charge in [-0.15, -0.1) is 5.76 Å². The highest BCUT2D eigenvalue weighted by molar-refractivity contribution is 5.98. The summed E-state index contributed by atoms with van der Waals surface area (Å²) in [4.78, 5) is 11.7. The molecule has 9 heteroatoms. The maximum atomic E-state index is 13.4. The largest absolute Gasteiger partial charge is 1.00 e. The summed E-state index contributed by atoms with van der Waals surface area (Å²) >= 11 is 0. The molecule has 0 bridgehead atoms. The molecule has 0 aromatic rings. The molecule has 0 saturated carbocycles. The van der Waals surface area contributed by atoms with Gasteiger partial charge in [0.15, 0.2) is 5.78 Å². The van der Waals surface area contributed by atoms with Crippen LogP contribution in [0.3, 0.4) is 0 Å². The molecule has 6 nitrogen and oxygen atoms in total. The molecule has 0 rings (SSSR count). The van der Waals surface area contributed by atoms with Crippen molar-refractivity contribution in [2.75, 3.05) is 0 Å². The summed E-state index contributed by atoms with van der Waals surface area (Å²) in [5.41, 5.74) is -0.972. The van der Waals surface area contributed by atoms with Crippen LogP contribution < -0.4 is 30.9 Å². The standard InChI is InChI=1S/C12H24FNO.C12H24NO.C11H20FNO.FH/c1-8(13)9(14-12(5,6)7)10(15)11(2,3)4;1-8-9(13-12(5,6)7)10(14)11(2,3)4;1-10(2,3)9(14)8(7-12)13-11(4,5)6;/h8,14-15H,1-7H3;8,10,13H,1-7H3;7,13H,1-6H3;1H/q;-1;;/p-2/b10-9-;;;. The van der Waals surface area contributed by atoms with Gasteiger partial charge in [0.2, 0.25) is 0 Å². The van der Waals surface area contributed by atoms with Crippen molar-refractivity contribution in [2.24, 2.45) is 16.2 Å². The predicted octanol–water partition coefficient (Wildman–Crippen LogP) is 4.21. The van der Waals surface area contributed by atoms with Gasteiger partial charge < -0.3 is 30.9 Å². The Morgan fingerprint density at radius 1 is 0.705 bits per heavy atom. The van der Waals surface area contributed by atoms with E-state index >= 15 is 0 Å². The maximum absolute atomic E-state index is 13.4. The monoisotopic (exact) mass is 635 g/mol. The van der Waals surface area contributed by atoms with Crippen LogP contribution >= 0.6 is 0 Å². The van der Waals surface area contributed by atoms with Gasteiger partial charge in [-0.25, -0.2) is 8.78 Å². The fourth-order valence-corrected chi connectivity index (χ4v) is 3.28. The zero-order chi connectivity index (χ0) is 35.6. The molecule has 264 valence electrons. The first-order valence-electron chi connectivity index (χ1n) is 15.2. The van der Waals surface area contributed by atoms with E-state index in [1.54, 1.807) is 41.5 Å². The number of hydrogen-bond acceptors (Lipinski definition) is 6. The minimum Gasteiger partial charge on any atom is -1.00 e. The Kier molecular flexibility index (Phi) is 20.1. The third kappa shape index (κ3) is 23.3. The first kappa shape index (κ1) is 48.7. The normalized spacial score (nSPS) is 15.6. The van der Waals surface area contributed by atoms with Crippen LogP contribution in [0.2, 0.25) is 0 Å². The summed E-state index contributed by atoms with van der Waals surface area (Å²) in [7, 11) is 0. The van der Waals surface area contributed by atoms with E-state index < -0.39 is 23.1 Å². The molecule has 0 aliphatic carbocycles. The lowest BCUT2D eigenvalue weighted by atomic mass is 9.86. The molecule has 0 heterocycles. The molecule has 0 aliphatic heterocycles. The Hall–Kier alpha value is -2.16. The summed E-state index contributed by atoms with van der Waals surface area (Å²) in [5.74, 6) is -0.373. The van der Waals surface area contributed by atoms with Crippen molar-refractivity contribution in [3.8, 4) is 0 Å². The van der Waals surface area contributed by atoms with Gasteiger partial charge in [0.25, 0.3) is 0 Å². The molecular formula is C35H67F3N3O3-3. The lowest BCUT2D eigenvalue weighted by Gasteiger charge is -2.41. The number of carbonyl (C=O) groups is 1. The fraction of sp³-hybridized carbons (Fsp3) is 0.800. The summed E-state index contributed by atoms with van der Waals surface area (Å²) in [6, 6.07) is 0. The average molecular weight is 635 g/mol. The Morgan fingerprint density at radius 3 is 1.27 bits per heavy atom. The van der Waals surface area contributed by atoms with E-state index in [1.807, 2.05) is 75.3 Å². The van der Waals surface area contributed by atoms with Crippen LogP contribution in [-0.4, -0.2) is 34.7 Å². The lowest BCUT2D eigenvalue weighted by Crippen LogP contribution is -3.00. The molecule has 2 unspecified atom stereocenters. The van der Waals surface area contributed by atoms with Crippen molar-refractivity contribution >= 4 is 5.78 Å². The second kappa shape index (κ2) is 18.1. The van der Waals surface area contributed by atoms with E-state index in [1.165, 1.54) is 6.92 Å². The second-order valence-corrected chi connectivity index (χ2v) is 17.3. The van der Waals surface area contributed by atoms with E-state index in [2.05, 4.69) is 36.7 Å². The van der Waals surface area contributed by atoms with Gasteiger partial charge in [-0.2, -0.15) is 0 Å². The first-order chi connectivity index (χ1) is 18.6. The smallest absolute Gasteiger partial charge is 0.186 e. The zero-order valence-electron chi connectivity index (χ0n) is 31.7.